The van der Waals surface area contributed by atoms with Crippen LogP contribution in [0.15, 0.2) is 0 Å². The fourth-order valence-electron chi connectivity index (χ4n) is 3.12. The van der Waals surface area contributed by atoms with Gasteiger partial charge in [-0.3, -0.25) is 4.90 Å². The highest BCUT2D eigenvalue weighted by atomic mass is 16.5. The van der Waals surface area contributed by atoms with Crippen LogP contribution in [0.25, 0.3) is 0 Å². The number of nitrogens with zero attached hydrogens (tertiary/aromatic N) is 1. The van der Waals surface area contributed by atoms with Crippen LogP contribution < -0.4 is 5.32 Å². The molecular weight excluding hydrogens is 200 g/mol. The molecule has 4 unspecified atom stereocenters. The molecule has 2 aliphatic rings. The molecule has 2 aliphatic heterocycles. The van der Waals surface area contributed by atoms with Crippen molar-refractivity contribution in [3.63, 3.8) is 0 Å². The lowest BCUT2D eigenvalue weighted by molar-refractivity contribution is -0.0841. The molecule has 0 bridgehead atoms. The molecule has 2 rings (SSSR count). The zero-order valence-electron chi connectivity index (χ0n) is 10.9. The number of morpholine rings is 1. The molecule has 16 heavy (non-hydrogen) atoms. The van der Waals surface area contributed by atoms with E-state index >= 15 is 0 Å². The summed E-state index contributed by atoms with van der Waals surface area (Å²) in [6.45, 7) is 11.3. The molecule has 3 nitrogen and oxygen atoms in total. The van der Waals surface area contributed by atoms with Gasteiger partial charge in [-0.1, -0.05) is 13.8 Å². The van der Waals surface area contributed by atoms with Gasteiger partial charge in [0, 0.05) is 18.6 Å². The Kier molecular flexibility index (Phi) is 4.22. The molecule has 4 atom stereocenters. The van der Waals surface area contributed by atoms with Crippen LogP contribution in [-0.4, -0.2) is 49.3 Å². The topological polar surface area (TPSA) is 24.5 Å². The van der Waals surface area contributed by atoms with E-state index in [2.05, 4.69) is 31.0 Å². The van der Waals surface area contributed by atoms with Gasteiger partial charge in [-0.2, -0.15) is 0 Å². The molecule has 2 fully saturated rings. The van der Waals surface area contributed by atoms with Gasteiger partial charge in [0.1, 0.15) is 0 Å². The molecule has 0 saturated carbocycles. The monoisotopic (exact) mass is 226 g/mol. The third-order valence-electron chi connectivity index (χ3n) is 4.15. The summed E-state index contributed by atoms with van der Waals surface area (Å²) < 4.78 is 5.78. The fourth-order valence-corrected chi connectivity index (χ4v) is 3.12. The summed E-state index contributed by atoms with van der Waals surface area (Å²) in [6, 6.07) is 1.40. The number of ether oxygens (including phenoxy) is 1. The normalized spacial score (nSPS) is 42.2. The predicted molar refractivity (Wildman–Crippen MR) is 66.6 cm³/mol. The Morgan fingerprint density at radius 2 is 2.19 bits per heavy atom. The first-order chi connectivity index (χ1) is 7.72. The lowest BCUT2D eigenvalue weighted by Gasteiger charge is -2.47. The van der Waals surface area contributed by atoms with E-state index in [1.807, 2.05) is 0 Å². The molecule has 0 aromatic rings. The van der Waals surface area contributed by atoms with Crippen molar-refractivity contribution in [1.29, 1.82) is 0 Å². The van der Waals surface area contributed by atoms with Crippen molar-refractivity contribution in [2.75, 3.05) is 26.2 Å². The van der Waals surface area contributed by atoms with E-state index < -0.39 is 0 Å². The fraction of sp³-hybridized carbons (Fsp3) is 1.00. The number of nitrogens with one attached hydrogen (secondary N) is 1. The molecule has 0 spiro atoms. The van der Waals surface area contributed by atoms with Crippen LogP contribution in [0, 0.1) is 5.92 Å². The zero-order valence-corrected chi connectivity index (χ0v) is 10.9. The van der Waals surface area contributed by atoms with Gasteiger partial charge in [-0.15, -0.1) is 0 Å². The Morgan fingerprint density at radius 1 is 1.38 bits per heavy atom. The second-order valence-corrected chi connectivity index (χ2v) is 5.44. The zero-order chi connectivity index (χ0) is 11.5. The average Bonchev–Trinajstić information content (AvgIpc) is 2.29. The number of hydrogen-bond acceptors (Lipinski definition) is 3. The Morgan fingerprint density at radius 3 is 2.88 bits per heavy atom. The predicted octanol–water partition coefficient (Wildman–Crippen LogP) is 1.48. The van der Waals surface area contributed by atoms with E-state index in [9.17, 15) is 0 Å². The number of rotatable bonds is 2. The summed E-state index contributed by atoms with van der Waals surface area (Å²) in [4.78, 5) is 2.72. The molecule has 0 aromatic carbocycles. The van der Waals surface area contributed by atoms with Crippen LogP contribution in [-0.2, 0) is 4.74 Å². The van der Waals surface area contributed by atoms with Gasteiger partial charge in [0.15, 0.2) is 0 Å². The first-order valence-corrected chi connectivity index (χ1v) is 6.80. The third kappa shape index (κ3) is 2.58. The highest BCUT2D eigenvalue weighted by Gasteiger charge is 2.34. The highest BCUT2D eigenvalue weighted by molar-refractivity contribution is 4.89. The third-order valence-corrected chi connectivity index (χ3v) is 4.15. The van der Waals surface area contributed by atoms with Crippen molar-refractivity contribution in [3.05, 3.63) is 0 Å². The van der Waals surface area contributed by atoms with E-state index in [0.717, 1.165) is 25.1 Å². The van der Waals surface area contributed by atoms with Crippen molar-refractivity contribution in [1.82, 2.24) is 10.2 Å². The summed E-state index contributed by atoms with van der Waals surface area (Å²) >= 11 is 0. The highest BCUT2D eigenvalue weighted by Crippen LogP contribution is 2.25. The minimum Gasteiger partial charge on any atom is -0.376 e. The molecule has 2 heterocycles. The summed E-state index contributed by atoms with van der Waals surface area (Å²) in [5.74, 6) is 0.771. The van der Waals surface area contributed by atoms with Crippen LogP contribution >= 0.6 is 0 Å². The molecule has 94 valence electrons. The van der Waals surface area contributed by atoms with Crippen LogP contribution in [0.2, 0.25) is 0 Å². The largest absolute Gasteiger partial charge is 0.376 e. The van der Waals surface area contributed by atoms with Gasteiger partial charge >= 0.3 is 0 Å². The van der Waals surface area contributed by atoms with Crippen molar-refractivity contribution >= 4 is 0 Å². The Balaban J connectivity index is 2.02. The van der Waals surface area contributed by atoms with E-state index in [1.165, 1.54) is 25.9 Å². The summed E-state index contributed by atoms with van der Waals surface area (Å²) in [5, 5.41) is 3.49. The van der Waals surface area contributed by atoms with Crippen LogP contribution in [0.4, 0.5) is 0 Å². The molecular formula is C13H26N2O. The Bertz CT molecular complexity index is 222. The lowest BCUT2D eigenvalue weighted by Crippen LogP contribution is -2.58. The maximum atomic E-state index is 5.78. The second kappa shape index (κ2) is 5.48. The van der Waals surface area contributed by atoms with Crippen molar-refractivity contribution in [3.8, 4) is 0 Å². The molecule has 1 N–H and O–H groups in total. The van der Waals surface area contributed by atoms with Gasteiger partial charge in [0.25, 0.3) is 0 Å². The van der Waals surface area contributed by atoms with E-state index in [-0.39, 0.29) is 0 Å². The first-order valence-electron chi connectivity index (χ1n) is 6.80. The van der Waals surface area contributed by atoms with Crippen LogP contribution in [0.1, 0.15) is 33.6 Å². The van der Waals surface area contributed by atoms with E-state index in [1.54, 1.807) is 0 Å². The Hall–Kier alpha value is -0.120. The maximum absolute atomic E-state index is 5.78. The Labute approximate surface area is 99.5 Å². The smallest absolute Gasteiger partial charge is 0.0674 e. The second-order valence-electron chi connectivity index (χ2n) is 5.44. The van der Waals surface area contributed by atoms with Crippen molar-refractivity contribution < 1.29 is 4.74 Å². The molecule has 3 heteroatoms. The SMILES string of the molecule is CCC1COC(C)CN1C1CCNCC1C. The molecule has 0 aliphatic carbocycles. The van der Waals surface area contributed by atoms with Crippen molar-refractivity contribution in [2.45, 2.75) is 51.8 Å². The van der Waals surface area contributed by atoms with Gasteiger partial charge in [0.2, 0.25) is 0 Å². The minimum absolute atomic E-state index is 0.407. The summed E-state index contributed by atoms with van der Waals surface area (Å²) in [7, 11) is 0. The lowest BCUT2D eigenvalue weighted by atomic mass is 9.91. The van der Waals surface area contributed by atoms with Gasteiger partial charge in [-0.25, -0.2) is 0 Å². The average molecular weight is 226 g/mol. The van der Waals surface area contributed by atoms with E-state index in [0.29, 0.717) is 12.1 Å². The van der Waals surface area contributed by atoms with Gasteiger partial charge < -0.3 is 10.1 Å². The summed E-state index contributed by atoms with van der Waals surface area (Å²) in [5.41, 5.74) is 0. The van der Waals surface area contributed by atoms with Gasteiger partial charge in [-0.05, 0) is 38.8 Å². The molecule has 0 aromatic heterocycles. The molecule has 2 saturated heterocycles. The minimum atomic E-state index is 0.407. The molecule has 0 radical (unpaired) electrons. The van der Waals surface area contributed by atoms with E-state index in [4.69, 9.17) is 4.74 Å². The quantitative estimate of drug-likeness (QED) is 0.772. The molecule has 0 amide bonds. The van der Waals surface area contributed by atoms with Crippen LogP contribution in [0.5, 0.6) is 0 Å². The first kappa shape index (κ1) is 12.3. The van der Waals surface area contributed by atoms with Crippen LogP contribution in [0.3, 0.4) is 0 Å². The number of hydrogen-bond donors (Lipinski definition) is 1. The van der Waals surface area contributed by atoms with Crippen molar-refractivity contribution in [2.24, 2.45) is 5.92 Å². The summed E-state index contributed by atoms with van der Waals surface area (Å²) in [6.07, 6.45) is 2.91. The maximum Gasteiger partial charge on any atom is 0.0674 e. The number of piperidine rings is 1. The van der Waals surface area contributed by atoms with Gasteiger partial charge in [0.05, 0.1) is 12.7 Å². The standard InChI is InChI=1S/C13H26N2O/c1-4-12-9-16-11(3)8-15(12)13-5-6-14-7-10(13)2/h10-14H,4-9H2,1-3H3.